The summed E-state index contributed by atoms with van der Waals surface area (Å²) in [6.45, 7) is 0. The largest absolute Gasteiger partial charge is 0.264 e. The first kappa shape index (κ1) is 9.58. The normalized spacial score (nSPS) is 10.1. The second-order valence-corrected chi connectivity index (χ2v) is 3.92. The van der Waals surface area contributed by atoms with Gasteiger partial charge < -0.3 is 0 Å². The fourth-order valence-corrected chi connectivity index (χ4v) is 1.92. The third kappa shape index (κ3) is 1.77. The summed E-state index contributed by atoms with van der Waals surface area (Å²) in [7, 11) is 0. The minimum atomic E-state index is -0.188. The zero-order valence-corrected chi connectivity index (χ0v) is 9.40. The van der Waals surface area contributed by atoms with Crippen LogP contribution in [0.5, 0.6) is 0 Å². The number of hydrogen-bond donors (Lipinski definition) is 0. The molecule has 0 bridgehead atoms. The lowest BCUT2D eigenvalue weighted by Crippen LogP contribution is -1.87. The van der Waals surface area contributed by atoms with Crippen LogP contribution < -0.4 is 0 Å². The van der Waals surface area contributed by atoms with Crippen molar-refractivity contribution in [2.75, 3.05) is 0 Å². The molecule has 3 heteroatoms. The van der Waals surface area contributed by atoms with Gasteiger partial charge in [0.25, 0.3) is 0 Å². The Labute approximate surface area is 95.1 Å². The van der Waals surface area contributed by atoms with Gasteiger partial charge in [-0.15, -0.1) is 0 Å². The van der Waals surface area contributed by atoms with Crippen LogP contribution in [0.1, 0.15) is 0 Å². The second kappa shape index (κ2) is 4.04. The number of pyridine rings is 1. The van der Waals surface area contributed by atoms with Crippen molar-refractivity contribution in [2.24, 2.45) is 0 Å². The van der Waals surface area contributed by atoms with E-state index >= 15 is 0 Å². The van der Waals surface area contributed by atoms with Crippen LogP contribution >= 0.6 is 22.6 Å². The van der Waals surface area contributed by atoms with Crippen molar-refractivity contribution in [3.63, 3.8) is 0 Å². The Balaban J connectivity index is 2.58. The number of rotatable bonds is 1. The van der Waals surface area contributed by atoms with E-state index in [9.17, 15) is 4.39 Å². The Morgan fingerprint density at radius 1 is 1.14 bits per heavy atom. The molecule has 0 radical (unpaired) electrons. The lowest BCUT2D eigenvalue weighted by Gasteiger charge is -2.04. The molecule has 0 aliphatic carbocycles. The Morgan fingerprint density at radius 2 is 2.00 bits per heavy atom. The fourth-order valence-electron chi connectivity index (χ4n) is 1.25. The van der Waals surface area contributed by atoms with Gasteiger partial charge in [-0.2, -0.15) is 0 Å². The molecule has 70 valence electrons. The molecule has 0 saturated heterocycles. The lowest BCUT2D eigenvalue weighted by molar-refractivity contribution is 0.621. The molecule has 1 aromatic heterocycles. The molecule has 0 N–H and O–H groups in total. The molecular weight excluding hydrogens is 292 g/mol. The predicted molar refractivity (Wildman–Crippen MR) is 62.3 cm³/mol. The van der Waals surface area contributed by atoms with Crippen molar-refractivity contribution in [3.8, 4) is 11.1 Å². The SMILES string of the molecule is Fc1cccc(-c2cccnc2)c1I. The molecule has 0 spiro atoms. The van der Waals surface area contributed by atoms with E-state index < -0.39 is 0 Å². The molecule has 0 aliphatic rings. The van der Waals surface area contributed by atoms with Crippen molar-refractivity contribution >= 4 is 22.6 Å². The quantitative estimate of drug-likeness (QED) is 0.735. The summed E-state index contributed by atoms with van der Waals surface area (Å²) in [6, 6.07) is 8.82. The maximum Gasteiger partial charge on any atom is 0.137 e. The van der Waals surface area contributed by atoms with Crippen molar-refractivity contribution in [1.29, 1.82) is 0 Å². The lowest BCUT2D eigenvalue weighted by atomic mass is 10.1. The van der Waals surface area contributed by atoms with E-state index in [1.54, 1.807) is 18.5 Å². The average molecular weight is 299 g/mol. The molecule has 14 heavy (non-hydrogen) atoms. The monoisotopic (exact) mass is 299 g/mol. The summed E-state index contributed by atoms with van der Waals surface area (Å²) < 4.78 is 13.9. The third-order valence-electron chi connectivity index (χ3n) is 1.92. The summed E-state index contributed by atoms with van der Waals surface area (Å²) in [5.41, 5.74) is 1.83. The van der Waals surface area contributed by atoms with Crippen LogP contribution in [0, 0.1) is 9.39 Å². The fraction of sp³-hybridized carbons (Fsp3) is 0. The van der Waals surface area contributed by atoms with Crippen molar-refractivity contribution < 1.29 is 4.39 Å². The van der Waals surface area contributed by atoms with Gasteiger partial charge in [0.1, 0.15) is 5.82 Å². The van der Waals surface area contributed by atoms with Crippen molar-refractivity contribution in [3.05, 3.63) is 52.1 Å². The van der Waals surface area contributed by atoms with E-state index in [1.165, 1.54) is 6.07 Å². The zero-order valence-electron chi connectivity index (χ0n) is 7.24. The van der Waals surface area contributed by atoms with E-state index in [4.69, 9.17) is 0 Å². The number of halogens is 2. The third-order valence-corrected chi connectivity index (χ3v) is 3.02. The minimum absolute atomic E-state index is 0.188. The van der Waals surface area contributed by atoms with Crippen LogP contribution in [0.25, 0.3) is 11.1 Å². The molecule has 0 fully saturated rings. The first-order valence-electron chi connectivity index (χ1n) is 4.13. The van der Waals surface area contributed by atoms with Gasteiger partial charge >= 0.3 is 0 Å². The van der Waals surface area contributed by atoms with E-state index in [1.807, 2.05) is 40.8 Å². The van der Waals surface area contributed by atoms with Gasteiger partial charge in [-0.05, 0) is 40.3 Å². The van der Waals surface area contributed by atoms with Crippen LogP contribution in [-0.2, 0) is 0 Å². The second-order valence-electron chi connectivity index (χ2n) is 2.84. The molecular formula is C11H7FIN. The number of aromatic nitrogens is 1. The maximum atomic E-state index is 13.2. The van der Waals surface area contributed by atoms with Crippen LogP contribution in [0.15, 0.2) is 42.7 Å². The van der Waals surface area contributed by atoms with Crippen LogP contribution in [-0.4, -0.2) is 4.98 Å². The average Bonchev–Trinajstić information content (AvgIpc) is 2.23. The molecule has 0 unspecified atom stereocenters. The summed E-state index contributed by atoms with van der Waals surface area (Å²) >= 11 is 2.01. The van der Waals surface area contributed by atoms with E-state index in [0.29, 0.717) is 3.57 Å². The predicted octanol–water partition coefficient (Wildman–Crippen LogP) is 3.49. The maximum absolute atomic E-state index is 13.2. The van der Waals surface area contributed by atoms with Crippen LogP contribution in [0.4, 0.5) is 4.39 Å². The highest BCUT2D eigenvalue weighted by Crippen LogP contribution is 2.25. The summed E-state index contributed by atoms with van der Waals surface area (Å²) in [6.07, 6.45) is 3.44. The van der Waals surface area contributed by atoms with Gasteiger partial charge in [0.05, 0.1) is 3.57 Å². The highest BCUT2D eigenvalue weighted by atomic mass is 127. The molecule has 0 atom stereocenters. The Bertz CT molecular complexity index is 442. The smallest absolute Gasteiger partial charge is 0.137 e. The summed E-state index contributed by atoms with van der Waals surface area (Å²) in [5, 5.41) is 0. The summed E-state index contributed by atoms with van der Waals surface area (Å²) in [5.74, 6) is -0.188. The van der Waals surface area contributed by atoms with Crippen molar-refractivity contribution in [2.45, 2.75) is 0 Å². The van der Waals surface area contributed by atoms with E-state index in [-0.39, 0.29) is 5.82 Å². The Morgan fingerprint density at radius 3 is 2.71 bits per heavy atom. The molecule has 0 saturated carbocycles. The standard InChI is InChI=1S/C11H7FIN/c12-10-5-1-4-9(11(10)13)8-3-2-6-14-7-8/h1-7H. The highest BCUT2D eigenvalue weighted by Gasteiger charge is 2.06. The number of nitrogens with zero attached hydrogens (tertiary/aromatic N) is 1. The molecule has 2 aromatic rings. The van der Waals surface area contributed by atoms with Crippen LogP contribution in [0.3, 0.4) is 0 Å². The van der Waals surface area contributed by atoms with E-state index in [2.05, 4.69) is 4.98 Å². The Kier molecular flexibility index (Phi) is 2.77. The minimum Gasteiger partial charge on any atom is -0.264 e. The first-order chi connectivity index (χ1) is 6.79. The number of hydrogen-bond acceptors (Lipinski definition) is 1. The van der Waals surface area contributed by atoms with Gasteiger partial charge in [0.2, 0.25) is 0 Å². The molecule has 0 aliphatic heterocycles. The first-order valence-corrected chi connectivity index (χ1v) is 5.21. The van der Waals surface area contributed by atoms with Gasteiger partial charge in [-0.25, -0.2) is 4.39 Å². The number of benzene rings is 1. The molecule has 0 amide bonds. The molecule has 1 nitrogen and oxygen atoms in total. The summed E-state index contributed by atoms with van der Waals surface area (Å²) in [4.78, 5) is 4.01. The van der Waals surface area contributed by atoms with Crippen LogP contribution in [0.2, 0.25) is 0 Å². The van der Waals surface area contributed by atoms with Gasteiger partial charge in [0, 0.05) is 18.0 Å². The van der Waals surface area contributed by atoms with Crippen molar-refractivity contribution in [1.82, 2.24) is 4.98 Å². The zero-order chi connectivity index (χ0) is 9.97. The molecule has 1 aromatic carbocycles. The molecule has 1 heterocycles. The topological polar surface area (TPSA) is 12.9 Å². The molecule has 2 rings (SSSR count). The highest BCUT2D eigenvalue weighted by molar-refractivity contribution is 14.1. The van der Waals surface area contributed by atoms with E-state index in [0.717, 1.165) is 11.1 Å². The van der Waals surface area contributed by atoms with Gasteiger partial charge in [-0.3, -0.25) is 4.98 Å². The van der Waals surface area contributed by atoms with Gasteiger partial charge in [0.15, 0.2) is 0 Å². The van der Waals surface area contributed by atoms with Gasteiger partial charge in [-0.1, -0.05) is 18.2 Å². The Hall–Kier alpha value is -0.970.